The number of allylic oxidation sites excluding steroid dienone is 1. The number of hydrogen-bond donors (Lipinski definition) is 0. The van der Waals surface area contributed by atoms with Crippen molar-refractivity contribution < 1.29 is 9.15 Å². The molecule has 2 heteroatoms. The van der Waals surface area contributed by atoms with Crippen LogP contribution in [0.25, 0.3) is 0 Å². The van der Waals surface area contributed by atoms with Crippen molar-refractivity contribution in [2.75, 3.05) is 7.11 Å². The molecule has 0 amide bonds. The molecule has 2 nitrogen and oxygen atoms in total. The first kappa shape index (κ1) is 10.9. The van der Waals surface area contributed by atoms with Crippen LogP contribution in [-0.2, 0) is 11.2 Å². The summed E-state index contributed by atoms with van der Waals surface area (Å²) in [7, 11) is 1.68. The molecule has 0 atom stereocenters. The second kappa shape index (κ2) is 7.25. The Morgan fingerprint density at radius 1 is 1.36 bits per heavy atom. The van der Waals surface area contributed by atoms with E-state index in [1.165, 1.54) is 24.8 Å². The summed E-state index contributed by atoms with van der Waals surface area (Å²) in [4.78, 5) is 0. The predicted octanol–water partition coefficient (Wildman–Crippen LogP) is 3.54. The van der Waals surface area contributed by atoms with Crippen LogP contribution in [0.4, 0.5) is 0 Å². The first-order valence-corrected chi connectivity index (χ1v) is 5.12. The highest BCUT2D eigenvalue weighted by molar-refractivity contribution is 5.04. The minimum atomic E-state index is 1.11. The molecule has 0 saturated heterocycles. The summed E-state index contributed by atoms with van der Waals surface area (Å²) in [5.74, 6) is 0. The molecule has 0 aromatic carbocycles. The van der Waals surface area contributed by atoms with Gasteiger partial charge >= 0.3 is 0 Å². The standard InChI is InChI=1S/C12H18O2/c1-13-9-6-4-2-3-5-7-12-8-10-14-11-12/h6,8-11H,2-5,7H2,1H3/b9-6+. The molecule has 0 saturated carbocycles. The van der Waals surface area contributed by atoms with Crippen molar-refractivity contribution >= 4 is 0 Å². The van der Waals surface area contributed by atoms with E-state index in [1.807, 2.05) is 12.3 Å². The molecule has 0 bridgehead atoms. The lowest BCUT2D eigenvalue weighted by atomic mass is 10.1. The van der Waals surface area contributed by atoms with E-state index >= 15 is 0 Å². The van der Waals surface area contributed by atoms with Crippen LogP contribution in [0.15, 0.2) is 35.3 Å². The van der Waals surface area contributed by atoms with E-state index in [4.69, 9.17) is 9.15 Å². The quantitative estimate of drug-likeness (QED) is 0.489. The van der Waals surface area contributed by atoms with Crippen molar-refractivity contribution in [3.63, 3.8) is 0 Å². The molecule has 0 spiro atoms. The van der Waals surface area contributed by atoms with Gasteiger partial charge in [0.2, 0.25) is 0 Å². The molecule has 78 valence electrons. The first-order valence-electron chi connectivity index (χ1n) is 5.12. The second-order valence-corrected chi connectivity index (χ2v) is 3.34. The lowest BCUT2D eigenvalue weighted by Crippen LogP contribution is -1.82. The number of hydrogen-bond acceptors (Lipinski definition) is 2. The summed E-state index contributed by atoms with van der Waals surface area (Å²) in [5.41, 5.74) is 1.30. The second-order valence-electron chi connectivity index (χ2n) is 3.34. The average molecular weight is 194 g/mol. The topological polar surface area (TPSA) is 22.4 Å². The Morgan fingerprint density at radius 3 is 3.00 bits per heavy atom. The van der Waals surface area contributed by atoms with Gasteiger partial charge in [0.15, 0.2) is 0 Å². The van der Waals surface area contributed by atoms with Crippen molar-refractivity contribution in [3.8, 4) is 0 Å². The van der Waals surface area contributed by atoms with Crippen LogP contribution in [0.1, 0.15) is 31.2 Å². The lowest BCUT2D eigenvalue weighted by Gasteiger charge is -1.96. The number of unbranched alkanes of at least 4 members (excludes halogenated alkanes) is 3. The maximum Gasteiger partial charge on any atom is 0.0934 e. The molecule has 1 rings (SSSR count). The molecular weight excluding hydrogens is 176 g/mol. The van der Waals surface area contributed by atoms with Gasteiger partial charge in [-0.3, -0.25) is 0 Å². The lowest BCUT2D eigenvalue weighted by molar-refractivity contribution is 0.336. The minimum absolute atomic E-state index is 1.11. The highest BCUT2D eigenvalue weighted by Crippen LogP contribution is 2.08. The number of ether oxygens (including phenoxy) is 1. The summed E-state index contributed by atoms with van der Waals surface area (Å²) in [6, 6.07) is 2.03. The van der Waals surface area contributed by atoms with Crippen LogP contribution >= 0.6 is 0 Å². The Hall–Kier alpha value is -1.18. The maximum absolute atomic E-state index is 5.00. The van der Waals surface area contributed by atoms with Crippen LogP contribution in [0, 0.1) is 0 Å². The van der Waals surface area contributed by atoms with E-state index in [0.717, 1.165) is 12.8 Å². The number of rotatable bonds is 7. The molecule has 0 unspecified atom stereocenters. The maximum atomic E-state index is 5.00. The van der Waals surface area contributed by atoms with E-state index in [2.05, 4.69) is 6.08 Å². The molecule has 1 aromatic heterocycles. The van der Waals surface area contributed by atoms with Gasteiger partial charge in [-0.1, -0.05) is 6.42 Å². The molecule has 0 N–H and O–H groups in total. The van der Waals surface area contributed by atoms with Crippen molar-refractivity contribution in [2.45, 2.75) is 32.1 Å². The predicted molar refractivity (Wildman–Crippen MR) is 57.0 cm³/mol. The number of methoxy groups -OCH3 is 1. The van der Waals surface area contributed by atoms with Crippen LogP contribution in [-0.4, -0.2) is 7.11 Å². The van der Waals surface area contributed by atoms with E-state index in [0.29, 0.717) is 0 Å². The van der Waals surface area contributed by atoms with Gasteiger partial charge in [0.05, 0.1) is 25.9 Å². The fourth-order valence-corrected chi connectivity index (χ4v) is 1.37. The molecule has 0 fully saturated rings. The van der Waals surface area contributed by atoms with E-state index in [1.54, 1.807) is 19.6 Å². The third kappa shape index (κ3) is 4.75. The third-order valence-electron chi connectivity index (χ3n) is 2.15. The van der Waals surface area contributed by atoms with E-state index in [-0.39, 0.29) is 0 Å². The van der Waals surface area contributed by atoms with Crippen LogP contribution in [0.2, 0.25) is 0 Å². The fourth-order valence-electron chi connectivity index (χ4n) is 1.37. The zero-order valence-corrected chi connectivity index (χ0v) is 8.74. The van der Waals surface area contributed by atoms with Gasteiger partial charge in [0, 0.05) is 0 Å². The van der Waals surface area contributed by atoms with Gasteiger partial charge in [-0.2, -0.15) is 0 Å². The molecule has 14 heavy (non-hydrogen) atoms. The molecule has 0 aliphatic rings. The zero-order valence-electron chi connectivity index (χ0n) is 8.74. The smallest absolute Gasteiger partial charge is 0.0934 e. The van der Waals surface area contributed by atoms with Gasteiger partial charge < -0.3 is 9.15 Å². The Kier molecular flexibility index (Phi) is 5.64. The Bertz CT molecular complexity index is 237. The van der Waals surface area contributed by atoms with Crippen LogP contribution in [0.5, 0.6) is 0 Å². The molecule has 1 heterocycles. The number of furan rings is 1. The summed E-state index contributed by atoms with van der Waals surface area (Å²) >= 11 is 0. The average Bonchev–Trinajstić information content (AvgIpc) is 2.69. The highest BCUT2D eigenvalue weighted by Gasteiger charge is 1.93. The molecular formula is C12H18O2. The zero-order chi connectivity index (χ0) is 10.1. The summed E-state index contributed by atoms with van der Waals surface area (Å²) in [6.07, 6.45) is 13.3. The van der Waals surface area contributed by atoms with Gasteiger partial charge in [0.25, 0.3) is 0 Å². The normalized spacial score (nSPS) is 10.9. The van der Waals surface area contributed by atoms with Crippen molar-refractivity contribution in [3.05, 3.63) is 36.5 Å². The Balaban J connectivity index is 1.92. The Labute approximate surface area is 85.6 Å². The van der Waals surface area contributed by atoms with Gasteiger partial charge in [0.1, 0.15) is 0 Å². The van der Waals surface area contributed by atoms with Gasteiger partial charge in [-0.05, 0) is 43.4 Å². The molecule has 0 aliphatic carbocycles. The summed E-state index contributed by atoms with van der Waals surface area (Å²) in [6.45, 7) is 0. The molecule has 0 aliphatic heterocycles. The van der Waals surface area contributed by atoms with E-state index < -0.39 is 0 Å². The van der Waals surface area contributed by atoms with Crippen LogP contribution < -0.4 is 0 Å². The SMILES string of the molecule is CO/C=C/CCCCCc1ccoc1. The largest absolute Gasteiger partial charge is 0.505 e. The minimum Gasteiger partial charge on any atom is -0.505 e. The van der Waals surface area contributed by atoms with Crippen molar-refractivity contribution in [2.24, 2.45) is 0 Å². The van der Waals surface area contributed by atoms with Gasteiger partial charge in [-0.25, -0.2) is 0 Å². The van der Waals surface area contributed by atoms with Gasteiger partial charge in [-0.15, -0.1) is 0 Å². The van der Waals surface area contributed by atoms with Crippen molar-refractivity contribution in [1.29, 1.82) is 0 Å². The fraction of sp³-hybridized carbons (Fsp3) is 0.500. The third-order valence-corrected chi connectivity index (χ3v) is 2.15. The van der Waals surface area contributed by atoms with Crippen LogP contribution in [0.3, 0.4) is 0 Å². The monoisotopic (exact) mass is 194 g/mol. The number of aryl methyl sites for hydroxylation is 1. The van der Waals surface area contributed by atoms with E-state index in [9.17, 15) is 0 Å². The molecule has 1 aromatic rings. The molecule has 0 radical (unpaired) electrons. The van der Waals surface area contributed by atoms with Crippen molar-refractivity contribution in [1.82, 2.24) is 0 Å². The Morgan fingerprint density at radius 2 is 2.29 bits per heavy atom. The summed E-state index contributed by atoms with van der Waals surface area (Å²) < 4.78 is 9.81. The first-order chi connectivity index (χ1) is 6.93. The summed E-state index contributed by atoms with van der Waals surface area (Å²) in [5, 5.41) is 0. The highest BCUT2D eigenvalue weighted by atomic mass is 16.5.